The summed E-state index contributed by atoms with van der Waals surface area (Å²) in [6.45, 7) is 2.16. The molecule has 0 saturated heterocycles. The van der Waals surface area contributed by atoms with Crippen molar-refractivity contribution in [1.82, 2.24) is 9.78 Å². The van der Waals surface area contributed by atoms with E-state index in [1.165, 1.54) is 11.1 Å². The molecule has 4 heteroatoms. The summed E-state index contributed by atoms with van der Waals surface area (Å²) in [7, 11) is 1.89. The Labute approximate surface area is 93.5 Å². The Bertz CT molecular complexity index is 443. The summed E-state index contributed by atoms with van der Waals surface area (Å²) < 4.78 is 1.76. The van der Waals surface area contributed by atoms with E-state index < -0.39 is 0 Å². The fourth-order valence-electron chi connectivity index (χ4n) is 1.71. The minimum atomic E-state index is 0.790. The topological polar surface area (TPSA) is 43.8 Å². The van der Waals surface area contributed by atoms with Crippen molar-refractivity contribution in [1.29, 1.82) is 0 Å². The maximum absolute atomic E-state index is 6.00. The van der Waals surface area contributed by atoms with Crippen LogP contribution in [0.25, 0.3) is 11.3 Å². The third-order valence-electron chi connectivity index (χ3n) is 2.49. The van der Waals surface area contributed by atoms with Gasteiger partial charge in [0.15, 0.2) is 0 Å². The van der Waals surface area contributed by atoms with Gasteiger partial charge in [0.25, 0.3) is 0 Å². The Morgan fingerprint density at radius 1 is 1.53 bits per heavy atom. The summed E-state index contributed by atoms with van der Waals surface area (Å²) >= 11 is 1.69. The number of nitrogens with two attached hydrogens (primary N) is 1. The first-order valence-corrected chi connectivity index (χ1v) is 6.02. The van der Waals surface area contributed by atoms with E-state index >= 15 is 0 Å². The lowest BCUT2D eigenvalue weighted by Gasteiger charge is -1.99. The van der Waals surface area contributed by atoms with Gasteiger partial charge in [-0.1, -0.05) is 13.3 Å². The summed E-state index contributed by atoms with van der Waals surface area (Å²) in [5, 5.41) is 8.65. The number of rotatable bonds is 3. The molecule has 80 valence electrons. The van der Waals surface area contributed by atoms with Crippen molar-refractivity contribution in [2.75, 3.05) is 5.73 Å². The minimum Gasteiger partial charge on any atom is -0.384 e. The number of aryl methyl sites for hydroxylation is 1. The Morgan fingerprint density at radius 2 is 2.33 bits per heavy atom. The van der Waals surface area contributed by atoms with Crippen molar-refractivity contribution >= 4 is 17.2 Å². The molecule has 0 spiro atoms. The van der Waals surface area contributed by atoms with Crippen LogP contribution in [0.1, 0.15) is 18.9 Å². The Balaban J connectivity index is 2.51. The van der Waals surface area contributed by atoms with Crippen LogP contribution >= 0.6 is 11.3 Å². The number of hydrogen-bond donors (Lipinski definition) is 1. The highest BCUT2D eigenvalue weighted by Gasteiger charge is 2.14. The molecule has 15 heavy (non-hydrogen) atoms. The van der Waals surface area contributed by atoms with Gasteiger partial charge in [0.1, 0.15) is 5.82 Å². The molecule has 0 saturated carbocycles. The molecule has 2 rings (SSSR count). The number of aromatic nitrogens is 2. The third-order valence-corrected chi connectivity index (χ3v) is 3.17. The van der Waals surface area contributed by atoms with Crippen molar-refractivity contribution in [3.05, 3.63) is 22.4 Å². The summed E-state index contributed by atoms with van der Waals surface area (Å²) in [4.78, 5) is 0. The van der Waals surface area contributed by atoms with Gasteiger partial charge in [-0.05, 0) is 17.9 Å². The van der Waals surface area contributed by atoms with E-state index in [2.05, 4.69) is 28.8 Å². The number of thiophene rings is 1. The van der Waals surface area contributed by atoms with Crippen LogP contribution in [-0.4, -0.2) is 9.78 Å². The van der Waals surface area contributed by atoms with Crippen molar-refractivity contribution < 1.29 is 0 Å². The highest BCUT2D eigenvalue weighted by Crippen LogP contribution is 2.29. The van der Waals surface area contributed by atoms with Crippen LogP contribution in [0.5, 0.6) is 0 Å². The molecule has 0 atom stereocenters. The van der Waals surface area contributed by atoms with Gasteiger partial charge in [-0.25, -0.2) is 0 Å². The normalized spacial score (nSPS) is 10.8. The second-order valence-electron chi connectivity index (χ2n) is 3.60. The number of nitrogen functional groups attached to an aromatic ring is 1. The van der Waals surface area contributed by atoms with Crippen LogP contribution in [0.4, 0.5) is 5.82 Å². The molecule has 2 heterocycles. The van der Waals surface area contributed by atoms with E-state index in [9.17, 15) is 0 Å². The molecule has 0 radical (unpaired) electrons. The van der Waals surface area contributed by atoms with E-state index in [-0.39, 0.29) is 0 Å². The van der Waals surface area contributed by atoms with Crippen molar-refractivity contribution in [3.63, 3.8) is 0 Å². The smallest absolute Gasteiger partial charge is 0.125 e. The number of nitrogens with zero attached hydrogens (tertiary/aromatic N) is 2. The quantitative estimate of drug-likeness (QED) is 0.866. The number of anilines is 1. The summed E-state index contributed by atoms with van der Waals surface area (Å²) in [5.74, 6) is 0.790. The SMILES string of the molecule is CCCc1c(-c2ccsc2)nn(C)c1N. The first kappa shape index (κ1) is 10.2. The molecule has 3 nitrogen and oxygen atoms in total. The van der Waals surface area contributed by atoms with Crippen molar-refractivity contribution in [2.45, 2.75) is 19.8 Å². The van der Waals surface area contributed by atoms with E-state index in [1.54, 1.807) is 16.0 Å². The van der Waals surface area contributed by atoms with Crippen LogP contribution in [0.3, 0.4) is 0 Å². The second-order valence-corrected chi connectivity index (χ2v) is 4.38. The predicted molar refractivity (Wildman–Crippen MR) is 64.9 cm³/mol. The number of hydrogen-bond acceptors (Lipinski definition) is 3. The molecule has 0 amide bonds. The van der Waals surface area contributed by atoms with Gasteiger partial charge in [0.2, 0.25) is 0 Å². The van der Waals surface area contributed by atoms with Crippen molar-refractivity contribution in [3.8, 4) is 11.3 Å². The van der Waals surface area contributed by atoms with Gasteiger partial charge >= 0.3 is 0 Å². The molecular weight excluding hydrogens is 206 g/mol. The molecule has 0 aromatic carbocycles. The van der Waals surface area contributed by atoms with E-state index in [1.807, 2.05) is 7.05 Å². The first-order chi connectivity index (χ1) is 7.24. The molecule has 0 unspecified atom stereocenters. The Morgan fingerprint density at radius 3 is 2.93 bits per heavy atom. The average molecular weight is 221 g/mol. The second kappa shape index (κ2) is 4.06. The lowest BCUT2D eigenvalue weighted by molar-refractivity contribution is 0.781. The van der Waals surface area contributed by atoms with Crippen LogP contribution in [0.2, 0.25) is 0 Å². The van der Waals surface area contributed by atoms with Gasteiger partial charge in [-0.15, -0.1) is 0 Å². The lowest BCUT2D eigenvalue weighted by atomic mass is 10.1. The van der Waals surface area contributed by atoms with Gasteiger partial charge in [0, 0.05) is 23.6 Å². The van der Waals surface area contributed by atoms with Crippen LogP contribution < -0.4 is 5.73 Å². The molecule has 2 N–H and O–H groups in total. The van der Waals surface area contributed by atoms with E-state index in [0.717, 1.165) is 24.4 Å². The van der Waals surface area contributed by atoms with Gasteiger partial charge < -0.3 is 5.73 Å². The maximum atomic E-state index is 6.00. The fraction of sp³-hybridized carbons (Fsp3) is 0.364. The third kappa shape index (κ3) is 1.77. The van der Waals surface area contributed by atoms with E-state index in [4.69, 9.17) is 5.73 Å². The summed E-state index contributed by atoms with van der Waals surface area (Å²) in [6, 6.07) is 2.09. The highest BCUT2D eigenvalue weighted by atomic mass is 32.1. The largest absolute Gasteiger partial charge is 0.384 e. The fourth-order valence-corrected chi connectivity index (χ4v) is 2.35. The highest BCUT2D eigenvalue weighted by molar-refractivity contribution is 7.08. The zero-order chi connectivity index (χ0) is 10.8. The van der Waals surface area contributed by atoms with Gasteiger partial charge in [0.05, 0.1) is 5.69 Å². The minimum absolute atomic E-state index is 0.790. The molecule has 0 aliphatic heterocycles. The standard InChI is InChI=1S/C11H15N3S/c1-3-4-9-10(8-5-6-15-7-8)13-14(2)11(9)12/h5-7H,3-4,12H2,1-2H3. The van der Waals surface area contributed by atoms with Crippen LogP contribution in [0, 0.1) is 0 Å². The molecule has 0 bridgehead atoms. The molecule has 2 aromatic heterocycles. The molecular formula is C11H15N3S. The first-order valence-electron chi connectivity index (χ1n) is 5.08. The molecule has 0 aliphatic rings. The molecule has 0 aliphatic carbocycles. The van der Waals surface area contributed by atoms with Gasteiger partial charge in [-0.2, -0.15) is 16.4 Å². The average Bonchev–Trinajstić information content (AvgIpc) is 2.81. The van der Waals surface area contributed by atoms with Crippen molar-refractivity contribution in [2.24, 2.45) is 7.05 Å². The van der Waals surface area contributed by atoms with Crippen LogP contribution in [-0.2, 0) is 13.5 Å². The summed E-state index contributed by atoms with van der Waals surface area (Å²) in [6.07, 6.45) is 2.08. The van der Waals surface area contributed by atoms with E-state index in [0.29, 0.717) is 0 Å². The Kier molecular flexibility index (Phi) is 2.77. The molecule has 2 aromatic rings. The summed E-state index contributed by atoms with van der Waals surface area (Å²) in [5.41, 5.74) is 9.40. The zero-order valence-electron chi connectivity index (χ0n) is 9.03. The molecule has 0 fully saturated rings. The maximum Gasteiger partial charge on any atom is 0.125 e. The van der Waals surface area contributed by atoms with Gasteiger partial charge in [-0.3, -0.25) is 4.68 Å². The van der Waals surface area contributed by atoms with Crippen LogP contribution in [0.15, 0.2) is 16.8 Å². The lowest BCUT2D eigenvalue weighted by Crippen LogP contribution is -1.99. The predicted octanol–water partition coefficient (Wildman–Crippen LogP) is 2.68. The zero-order valence-corrected chi connectivity index (χ0v) is 9.84. The Hall–Kier alpha value is -1.29. The monoisotopic (exact) mass is 221 g/mol.